The van der Waals surface area contributed by atoms with E-state index in [1.165, 1.54) is 5.56 Å². The van der Waals surface area contributed by atoms with Gasteiger partial charge in [0.25, 0.3) is 0 Å². The van der Waals surface area contributed by atoms with Gasteiger partial charge >= 0.3 is 0 Å². The zero-order chi connectivity index (χ0) is 17.9. The summed E-state index contributed by atoms with van der Waals surface area (Å²) >= 11 is 0. The van der Waals surface area contributed by atoms with Crippen LogP contribution in [0.5, 0.6) is 5.75 Å². The number of nitrogens with zero attached hydrogens (tertiary/aromatic N) is 1. The van der Waals surface area contributed by atoms with E-state index >= 15 is 0 Å². The number of benzene rings is 2. The maximum atomic E-state index is 12.6. The van der Waals surface area contributed by atoms with E-state index in [4.69, 9.17) is 10.5 Å². The summed E-state index contributed by atoms with van der Waals surface area (Å²) in [6.07, 6.45) is 2.00. The lowest BCUT2D eigenvalue weighted by molar-refractivity contribution is -0.131. The van der Waals surface area contributed by atoms with Crippen LogP contribution in [0.4, 0.5) is 0 Å². The van der Waals surface area contributed by atoms with Crippen LogP contribution in [0.25, 0.3) is 0 Å². The van der Waals surface area contributed by atoms with Crippen LogP contribution in [-0.2, 0) is 17.6 Å². The molecule has 2 aromatic rings. The molecule has 0 saturated carbocycles. The van der Waals surface area contributed by atoms with Crippen molar-refractivity contribution >= 4 is 18.3 Å². The van der Waals surface area contributed by atoms with Gasteiger partial charge in [-0.15, -0.1) is 12.4 Å². The molecule has 0 aliphatic carbocycles. The highest BCUT2D eigenvalue weighted by molar-refractivity contribution is 5.85. The predicted molar refractivity (Wildman–Crippen MR) is 109 cm³/mol. The second-order valence-corrected chi connectivity index (χ2v) is 5.95. The van der Waals surface area contributed by atoms with Crippen molar-refractivity contribution in [2.45, 2.75) is 26.2 Å². The number of nitrogens with two attached hydrogens (primary N) is 1. The quantitative estimate of drug-likeness (QED) is 0.690. The molecule has 2 aromatic carbocycles. The molecule has 0 bridgehead atoms. The highest BCUT2D eigenvalue weighted by Gasteiger charge is 2.14. The van der Waals surface area contributed by atoms with Gasteiger partial charge < -0.3 is 15.4 Å². The Morgan fingerprint density at radius 3 is 2.38 bits per heavy atom. The first-order valence-corrected chi connectivity index (χ1v) is 8.97. The largest absolute Gasteiger partial charge is 0.494 e. The van der Waals surface area contributed by atoms with Crippen LogP contribution in [0.2, 0.25) is 0 Å². The maximum absolute atomic E-state index is 12.6. The number of hydrogen-bond acceptors (Lipinski definition) is 3. The van der Waals surface area contributed by atoms with Crippen LogP contribution in [0.3, 0.4) is 0 Å². The van der Waals surface area contributed by atoms with Crippen molar-refractivity contribution < 1.29 is 9.53 Å². The zero-order valence-electron chi connectivity index (χ0n) is 15.4. The number of para-hydroxylation sites is 1. The number of hydrogen-bond donors (Lipinski definition) is 1. The molecule has 4 nitrogen and oxygen atoms in total. The molecule has 1 amide bonds. The number of ether oxygens (including phenoxy) is 1. The smallest absolute Gasteiger partial charge is 0.222 e. The Labute approximate surface area is 162 Å². The Balaban J connectivity index is 0.00000338. The molecule has 0 aliphatic rings. The van der Waals surface area contributed by atoms with E-state index in [-0.39, 0.29) is 18.3 Å². The van der Waals surface area contributed by atoms with Gasteiger partial charge in [0, 0.05) is 26.1 Å². The minimum Gasteiger partial charge on any atom is -0.494 e. The summed E-state index contributed by atoms with van der Waals surface area (Å²) in [6.45, 7) is 4.37. The van der Waals surface area contributed by atoms with E-state index in [1.54, 1.807) is 0 Å². The van der Waals surface area contributed by atoms with Crippen LogP contribution in [0.1, 0.15) is 24.5 Å². The zero-order valence-corrected chi connectivity index (χ0v) is 16.2. The molecule has 0 heterocycles. The third-order valence-corrected chi connectivity index (χ3v) is 4.15. The van der Waals surface area contributed by atoms with Crippen molar-refractivity contribution in [1.82, 2.24) is 4.90 Å². The Kier molecular flexibility index (Phi) is 10.4. The summed E-state index contributed by atoms with van der Waals surface area (Å²) in [4.78, 5) is 14.5. The minimum absolute atomic E-state index is 0. The number of aryl methyl sites for hydroxylation is 1. The average molecular weight is 377 g/mol. The van der Waals surface area contributed by atoms with Crippen molar-refractivity contribution in [3.63, 3.8) is 0 Å². The van der Waals surface area contributed by atoms with Crippen LogP contribution in [0.15, 0.2) is 54.6 Å². The molecule has 26 heavy (non-hydrogen) atoms. The van der Waals surface area contributed by atoms with Gasteiger partial charge in [0.05, 0.1) is 6.61 Å². The molecule has 5 heteroatoms. The van der Waals surface area contributed by atoms with Gasteiger partial charge in [-0.1, -0.05) is 48.5 Å². The lowest BCUT2D eigenvalue weighted by atomic mass is 10.1. The fourth-order valence-electron chi connectivity index (χ4n) is 2.83. The summed E-state index contributed by atoms with van der Waals surface area (Å²) in [5, 5.41) is 0. The third kappa shape index (κ3) is 7.06. The Bertz CT molecular complexity index is 649. The van der Waals surface area contributed by atoms with E-state index < -0.39 is 0 Å². The molecule has 0 saturated heterocycles. The van der Waals surface area contributed by atoms with Gasteiger partial charge in [-0.05, 0) is 37.0 Å². The first kappa shape index (κ1) is 22.0. The first-order valence-electron chi connectivity index (χ1n) is 8.97. The standard InChI is InChI=1S/C21H28N2O2.ClH/c1-2-25-20-11-7-6-10-19(20)12-13-21(24)23(17-15-22)16-14-18-8-4-3-5-9-18;/h3-11H,2,12-17,22H2,1H3;1H. The normalized spacial score (nSPS) is 10.1. The van der Waals surface area contributed by atoms with Gasteiger partial charge in [0.1, 0.15) is 5.75 Å². The second-order valence-electron chi connectivity index (χ2n) is 5.95. The number of amides is 1. The lowest BCUT2D eigenvalue weighted by Gasteiger charge is -2.22. The molecular weight excluding hydrogens is 348 g/mol. The SMILES string of the molecule is CCOc1ccccc1CCC(=O)N(CCN)CCc1ccccc1.Cl. The molecule has 0 aromatic heterocycles. The molecule has 2 N–H and O–H groups in total. The number of halogens is 1. The summed E-state index contributed by atoms with van der Waals surface area (Å²) in [7, 11) is 0. The topological polar surface area (TPSA) is 55.6 Å². The highest BCUT2D eigenvalue weighted by atomic mass is 35.5. The van der Waals surface area contributed by atoms with E-state index in [0.717, 1.165) is 17.7 Å². The van der Waals surface area contributed by atoms with E-state index in [0.29, 0.717) is 39.1 Å². The molecular formula is C21H29ClN2O2. The van der Waals surface area contributed by atoms with Crippen molar-refractivity contribution in [1.29, 1.82) is 0 Å². The molecule has 0 radical (unpaired) electrons. The van der Waals surface area contributed by atoms with Crippen LogP contribution in [-0.4, -0.2) is 37.0 Å². The number of carbonyl (C=O) groups is 1. The number of carbonyl (C=O) groups excluding carboxylic acids is 1. The molecule has 0 spiro atoms. The number of rotatable bonds is 10. The van der Waals surface area contributed by atoms with Gasteiger partial charge in [-0.25, -0.2) is 0 Å². The van der Waals surface area contributed by atoms with E-state index in [2.05, 4.69) is 12.1 Å². The average Bonchev–Trinajstić information content (AvgIpc) is 2.65. The van der Waals surface area contributed by atoms with Crippen LogP contribution in [0, 0.1) is 0 Å². The predicted octanol–water partition coefficient (Wildman–Crippen LogP) is 3.47. The summed E-state index contributed by atoms with van der Waals surface area (Å²) in [5.41, 5.74) is 8.01. The van der Waals surface area contributed by atoms with Crippen molar-refractivity contribution in [3.8, 4) is 5.75 Å². The fourth-order valence-corrected chi connectivity index (χ4v) is 2.83. The van der Waals surface area contributed by atoms with Gasteiger partial charge in [-0.3, -0.25) is 4.79 Å². The Hall–Kier alpha value is -2.04. The summed E-state index contributed by atoms with van der Waals surface area (Å²) in [6, 6.07) is 18.1. The molecule has 2 rings (SSSR count). The highest BCUT2D eigenvalue weighted by Crippen LogP contribution is 2.20. The van der Waals surface area contributed by atoms with Crippen LogP contribution < -0.4 is 10.5 Å². The van der Waals surface area contributed by atoms with E-state index in [9.17, 15) is 4.79 Å². The first-order chi connectivity index (χ1) is 12.2. The van der Waals surface area contributed by atoms with Gasteiger partial charge in [0.15, 0.2) is 0 Å². The fraction of sp³-hybridized carbons (Fsp3) is 0.381. The lowest BCUT2D eigenvalue weighted by Crippen LogP contribution is -2.37. The van der Waals surface area contributed by atoms with Gasteiger partial charge in [0.2, 0.25) is 5.91 Å². The van der Waals surface area contributed by atoms with Crippen molar-refractivity contribution in [2.75, 3.05) is 26.2 Å². The molecule has 142 valence electrons. The van der Waals surface area contributed by atoms with Crippen molar-refractivity contribution in [2.24, 2.45) is 5.73 Å². The third-order valence-electron chi connectivity index (χ3n) is 4.15. The van der Waals surface area contributed by atoms with Crippen molar-refractivity contribution in [3.05, 3.63) is 65.7 Å². The summed E-state index contributed by atoms with van der Waals surface area (Å²) < 4.78 is 5.64. The second kappa shape index (κ2) is 12.3. The monoisotopic (exact) mass is 376 g/mol. The Morgan fingerprint density at radius 2 is 1.69 bits per heavy atom. The molecule has 0 fully saturated rings. The molecule has 0 atom stereocenters. The van der Waals surface area contributed by atoms with E-state index in [1.807, 2.05) is 54.3 Å². The molecule has 0 unspecified atom stereocenters. The molecule has 0 aliphatic heterocycles. The Morgan fingerprint density at radius 1 is 1.00 bits per heavy atom. The minimum atomic E-state index is 0. The maximum Gasteiger partial charge on any atom is 0.222 e. The summed E-state index contributed by atoms with van der Waals surface area (Å²) in [5.74, 6) is 1.01. The van der Waals surface area contributed by atoms with Crippen LogP contribution >= 0.6 is 12.4 Å². The van der Waals surface area contributed by atoms with Gasteiger partial charge in [-0.2, -0.15) is 0 Å².